The molecule has 0 aliphatic carbocycles. The van der Waals surface area contributed by atoms with Gasteiger partial charge in [0.1, 0.15) is 0 Å². The van der Waals surface area contributed by atoms with Gasteiger partial charge in [-0.3, -0.25) is 0 Å². The van der Waals surface area contributed by atoms with Crippen molar-refractivity contribution in [2.45, 2.75) is 0 Å². The van der Waals surface area contributed by atoms with Crippen LogP contribution < -0.4 is 3.58 Å². The van der Waals surface area contributed by atoms with Gasteiger partial charge >= 0.3 is 81.7 Å². The molecule has 52 valence electrons. The van der Waals surface area contributed by atoms with E-state index in [4.69, 9.17) is 23.2 Å². The molecule has 4 heteroatoms. The molecule has 0 fully saturated rings. The maximum atomic E-state index is 12.7. The molecule has 0 bridgehead atoms. The maximum absolute atomic E-state index is 12.7. The van der Waals surface area contributed by atoms with E-state index < -0.39 is 5.82 Å². The van der Waals surface area contributed by atoms with Crippen molar-refractivity contribution < 1.29 is 4.39 Å². The van der Waals surface area contributed by atoms with Gasteiger partial charge in [0, 0.05) is 0 Å². The van der Waals surface area contributed by atoms with Crippen LogP contribution in [-0.2, 0) is 0 Å². The van der Waals surface area contributed by atoms with Gasteiger partial charge in [-0.2, -0.15) is 0 Å². The van der Waals surface area contributed by atoms with E-state index >= 15 is 0 Å². The first-order chi connectivity index (χ1) is 4.61. The summed E-state index contributed by atoms with van der Waals surface area (Å²) in [5.41, 5.74) is 0. The SMILES string of the molecule is Fc1c(Cl)c[c]([SnH])cc1Cl. The van der Waals surface area contributed by atoms with Crippen LogP contribution in [0.2, 0.25) is 10.0 Å². The third-order valence-corrected chi connectivity index (χ3v) is 2.51. The van der Waals surface area contributed by atoms with Crippen molar-refractivity contribution in [3.63, 3.8) is 0 Å². The molecule has 10 heavy (non-hydrogen) atoms. The van der Waals surface area contributed by atoms with E-state index in [-0.39, 0.29) is 10.0 Å². The molecule has 0 unspecified atom stereocenters. The van der Waals surface area contributed by atoms with E-state index in [1.54, 1.807) is 12.1 Å². The molecule has 0 aromatic heterocycles. The fourth-order valence-corrected chi connectivity index (χ4v) is 2.63. The fourth-order valence-electron chi connectivity index (χ4n) is 0.575. The molecule has 0 saturated heterocycles. The molecular formula is C6H3Cl2FSn. The minimum atomic E-state index is -0.526. The average Bonchev–Trinajstić information content (AvgIpc) is 1.82. The van der Waals surface area contributed by atoms with Crippen molar-refractivity contribution in [1.82, 2.24) is 0 Å². The summed E-state index contributed by atoms with van der Waals surface area (Å²) in [6.45, 7) is 0. The Morgan fingerprint density at radius 3 is 2.00 bits per heavy atom. The molecule has 0 atom stereocenters. The Bertz CT molecular complexity index is 239. The van der Waals surface area contributed by atoms with Gasteiger partial charge in [0.2, 0.25) is 0 Å². The predicted octanol–water partition coefficient (Wildman–Crippen LogP) is 1.66. The van der Waals surface area contributed by atoms with Crippen LogP contribution in [0.25, 0.3) is 0 Å². The molecule has 1 aromatic rings. The van der Waals surface area contributed by atoms with E-state index in [9.17, 15) is 4.39 Å². The van der Waals surface area contributed by atoms with Crippen molar-refractivity contribution in [2.24, 2.45) is 0 Å². The number of rotatable bonds is 0. The summed E-state index contributed by atoms with van der Waals surface area (Å²) in [6.07, 6.45) is 0. The zero-order valence-electron chi connectivity index (χ0n) is 4.87. The third-order valence-electron chi connectivity index (χ3n) is 1.01. The molecule has 0 N–H and O–H groups in total. The van der Waals surface area contributed by atoms with Crippen LogP contribution in [0.15, 0.2) is 12.1 Å². The Labute approximate surface area is 81.4 Å². The van der Waals surface area contributed by atoms with E-state index in [0.717, 1.165) is 26.1 Å². The van der Waals surface area contributed by atoms with Gasteiger partial charge < -0.3 is 0 Å². The topological polar surface area (TPSA) is 0 Å². The Kier molecular flexibility index (Phi) is 2.83. The normalized spacial score (nSPS) is 10.0. The van der Waals surface area contributed by atoms with Gasteiger partial charge in [-0.05, 0) is 0 Å². The van der Waals surface area contributed by atoms with Crippen molar-refractivity contribution >= 4 is 49.3 Å². The predicted molar refractivity (Wildman–Crippen MR) is 43.2 cm³/mol. The Balaban J connectivity index is 3.31. The van der Waals surface area contributed by atoms with Crippen LogP contribution in [0.1, 0.15) is 0 Å². The number of halogens is 3. The standard InChI is InChI=1S/C6H2Cl2F.Sn.H/c7-4-2-1-3-5(8)6(4)9;;/h2-3H;;. The van der Waals surface area contributed by atoms with E-state index in [1.807, 2.05) is 0 Å². The molecule has 0 aliphatic heterocycles. The molecule has 1 rings (SSSR count). The molecule has 0 spiro atoms. The van der Waals surface area contributed by atoms with Crippen LogP contribution in [-0.4, -0.2) is 22.5 Å². The Hall–Kier alpha value is 0.529. The molecule has 0 aliphatic rings. The van der Waals surface area contributed by atoms with Gasteiger partial charge in [0.15, 0.2) is 0 Å². The summed E-state index contributed by atoms with van der Waals surface area (Å²) in [7, 11) is 0. The van der Waals surface area contributed by atoms with Gasteiger partial charge in [-0.25, -0.2) is 0 Å². The minimum absolute atomic E-state index is 0.107. The average molecular weight is 284 g/mol. The molecular weight excluding hydrogens is 281 g/mol. The van der Waals surface area contributed by atoms with E-state index in [1.165, 1.54) is 0 Å². The number of benzene rings is 1. The van der Waals surface area contributed by atoms with Gasteiger partial charge in [-0.15, -0.1) is 0 Å². The van der Waals surface area contributed by atoms with Crippen LogP contribution in [0.3, 0.4) is 0 Å². The fraction of sp³-hybridized carbons (Fsp3) is 0. The van der Waals surface area contributed by atoms with Gasteiger partial charge in [0.25, 0.3) is 0 Å². The molecule has 2 radical (unpaired) electrons. The molecule has 0 amide bonds. The Morgan fingerprint density at radius 2 is 1.60 bits per heavy atom. The van der Waals surface area contributed by atoms with Crippen molar-refractivity contribution in [3.05, 3.63) is 28.0 Å². The van der Waals surface area contributed by atoms with Crippen molar-refractivity contribution in [1.29, 1.82) is 0 Å². The zero-order valence-corrected chi connectivity index (χ0v) is 9.67. The van der Waals surface area contributed by atoms with Crippen molar-refractivity contribution in [3.8, 4) is 0 Å². The summed E-state index contributed by atoms with van der Waals surface area (Å²) in [6, 6.07) is 3.18. The summed E-state index contributed by atoms with van der Waals surface area (Å²) in [5.74, 6) is -0.526. The quantitative estimate of drug-likeness (QED) is 0.502. The summed E-state index contributed by atoms with van der Waals surface area (Å²) < 4.78 is 13.6. The second-order valence-corrected chi connectivity index (χ2v) is 4.52. The van der Waals surface area contributed by atoms with Crippen LogP contribution in [0.5, 0.6) is 0 Å². The van der Waals surface area contributed by atoms with Crippen LogP contribution in [0.4, 0.5) is 4.39 Å². The number of hydrogen-bond donors (Lipinski definition) is 0. The van der Waals surface area contributed by atoms with Crippen LogP contribution in [0, 0.1) is 5.82 Å². The molecule has 0 saturated carbocycles. The number of hydrogen-bond acceptors (Lipinski definition) is 0. The Morgan fingerprint density at radius 1 is 1.20 bits per heavy atom. The first-order valence-electron chi connectivity index (χ1n) is 2.51. The van der Waals surface area contributed by atoms with Crippen LogP contribution >= 0.6 is 23.2 Å². The summed E-state index contributed by atoms with van der Waals surface area (Å²) in [4.78, 5) is 0. The third kappa shape index (κ3) is 1.77. The van der Waals surface area contributed by atoms with E-state index in [0.29, 0.717) is 0 Å². The van der Waals surface area contributed by atoms with Gasteiger partial charge in [0.05, 0.1) is 0 Å². The summed E-state index contributed by atoms with van der Waals surface area (Å²) >= 11 is 11.9. The first kappa shape index (κ1) is 8.62. The molecule has 1 aromatic carbocycles. The zero-order chi connectivity index (χ0) is 7.72. The first-order valence-corrected chi connectivity index (χ1v) is 4.91. The summed E-state index contributed by atoms with van der Waals surface area (Å²) in [5, 5.41) is 0.213. The monoisotopic (exact) mass is 284 g/mol. The molecule has 0 heterocycles. The van der Waals surface area contributed by atoms with Crippen molar-refractivity contribution in [2.75, 3.05) is 0 Å². The molecule has 0 nitrogen and oxygen atoms in total. The second kappa shape index (κ2) is 3.28. The van der Waals surface area contributed by atoms with Gasteiger partial charge in [-0.1, -0.05) is 0 Å². The second-order valence-electron chi connectivity index (χ2n) is 1.80. The van der Waals surface area contributed by atoms with E-state index in [2.05, 4.69) is 0 Å².